The maximum Gasteiger partial charge on any atom is 0.302 e. The minimum atomic E-state index is -3.55. The molecule has 0 spiro atoms. The molecule has 0 saturated heterocycles. The van der Waals surface area contributed by atoms with Crippen LogP contribution in [-0.4, -0.2) is 30.8 Å². The van der Waals surface area contributed by atoms with Crippen LogP contribution in [-0.2, 0) is 10.2 Å². The minimum Gasteiger partial charge on any atom is -0.254 e. The summed E-state index contributed by atoms with van der Waals surface area (Å²) >= 11 is 5.79. The van der Waals surface area contributed by atoms with Crippen LogP contribution in [0.2, 0.25) is 5.02 Å². The number of rotatable bonds is 7. The Balaban J connectivity index is 2.85. The van der Waals surface area contributed by atoms with E-state index in [2.05, 4.69) is 9.71 Å². The third kappa shape index (κ3) is 4.44. The lowest BCUT2D eigenvalue weighted by Crippen LogP contribution is -2.37. The first kappa shape index (κ1) is 15.2. The number of nitrogens with one attached hydrogen (secondary N) is 1. The molecular formula is C11H18ClN3O2S. The predicted octanol–water partition coefficient (Wildman–Crippen LogP) is 2.51. The van der Waals surface area contributed by atoms with Gasteiger partial charge in [0.05, 0.1) is 0 Å². The monoisotopic (exact) mass is 291 g/mol. The van der Waals surface area contributed by atoms with Crippen molar-refractivity contribution in [1.29, 1.82) is 0 Å². The molecule has 0 unspecified atom stereocenters. The molecule has 0 aliphatic carbocycles. The quantitative estimate of drug-likeness (QED) is 0.839. The second-order valence-electron chi connectivity index (χ2n) is 3.87. The van der Waals surface area contributed by atoms with E-state index in [9.17, 15) is 8.42 Å². The van der Waals surface area contributed by atoms with Gasteiger partial charge in [0, 0.05) is 30.4 Å². The van der Waals surface area contributed by atoms with E-state index in [4.69, 9.17) is 11.6 Å². The Hall–Kier alpha value is -0.850. The van der Waals surface area contributed by atoms with E-state index in [0.29, 0.717) is 18.1 Å². The average molecular weight is 292 g/mol. The molecule has 7 heteroatoms. The van der Waals surface area contributed by atoms with Crippen molar-refractivity contribution in [2.24, 2.45) is 0 Å². The molecule has 1 heterocycles. The fourth-order valence-electron chi connectivity index (χ4n) is 1.51. The van der Waals surface area contributed by atoms with Crippen LogP contribution >= 0.6 is 11.6 Å². The SMILES string of the molecule is CCCN(CCC)S(=O)(=O)Nc1cc(Cl)ccn1. The van der Waals surface area contributed by atoms with E-state index >= 15 is 0 Å². The van der Waals surface area contributed by atoms with Gasteiger partial charge in [-0.05, 0) is 18.9 Å². The molecule has 1 N–H and O–H groups in total. The van der Waals surface area contributed by atoms with Crippen LogP contribution < -0.4 is 4.72 Å². The van der Waals surface area contributed by atoms with Gasteiger partial charge in [-0.25, -0.2) is 4.98 Å². The molecule has 0 aromatic carbocycles. The fourth-order valence-corrected chi connectivity index (χ4v) is 3.02. The number of hydrogen-bond acceptors (Lipinski definition) is 3. The molecule has 1 rings (SSSR count). The van der Waals surface area contributed by atoms with Gasteiger partial charge < -0.3 is 0 Å². The Bertz CT molecular complexity index is 473. The van der Waals surface area contributed by atoms with Crippen LogP contribution in [0.25, 0.3) is 0 Å². The molecule has 0 aliphatic rings. The van der Waals surface area contributed by atoms with E-state index in [0.717, 1.165) is 12.8 Å². The average Bonchev–Trinajstić information content (AvgIpc) is 2.28. The van der Waals surface area contributed by atoms with Crippen molar-refractivity contribution in [1.82, 2.24) is 9.29 Å². The summed E-state index contributed by atoms with van der Waals surface area (Å²) < 4.78 is 28.1. The van der Waals surface area contributed by atoms with Gasteiger partial charge in [-0.1, -0.05) is 25.4 Å². The highest BCUT2D eigenvalue weighted by atomic mass is 35.5. The van der Waals surface area contributed by atoms with Crippen molar-refractivity contribution in [3.05, 3.63) is 23.4 Å². The Labute approximate surface area is 113 Å². The van der Waals surface area contributed by atoms with Gasteiger partial charge in [-0.15, -0.1) is 0 Å². The zero-order valence-corrected chi connectivity index (χ0v) is 12.1. The van der Waals surface area contributed by atoms with Crippen molar-refractivity contribution in [3.8, 4) is 0 Å². The van der Waals surface area contributed by atoms with Gasteiger partial charge in [0.25, 0.3) is 0 Å². The number of hydrogen-bond donors (Lipinski definition) is 1. The van der Waals surface area contributed by atoms with E-state index in [1.165, 1.54) is 16.6 Å². The Kier molecular flexibility index (Phi) is 5.84. The fraction of sp³-hybridized carbons (Fsp3) is 0.545. The number of pyridine rings is 1. The molecular weight excluding hydrogens is 274 g/mol. The van der Waals surface area contributed by atoms with Crippen molar-refractivity contribution in [3.63, 3.8) is 0 Å². The first-order valence-corrected chi connectivity index (χ1v) is 7.70. The summed E-state index contributed by atoms with van der Waals surface area (Å²) in [4.78, 5) is 3.93. The summed E-state index contributed by atoms with van der Waals surface area (Å²) in [7, 11) is -3.55. The molecule has 0 atom stereocenters. The highest BCUT2D eigenvalue weighted by Gasteiger charge is 2.20. The van der Waals surface area contributed by atoms with Crippen LogP contribution in [0.3, 0.4) is 0 Å². The molecule has 5 nitrogen and oxygen atoms in total. The van der Waals surface area contributed by atoms with Gasteiger partial charge >= 0.3 is 10.2 Å². The summed E-state index contributed by atoms with van der Waals surface area (Å²) in [5.41, 5.74) is 0. The number of anilines is 1. The molecule has 0 bridgehead atoms. The van der Waals surface area contributed by atoms with Gasteiger partial charge in [0.1, 0.15) is 5.82 Å². The summed E-state index contributed by atoms with van der Waals surface area (Å²) in [5.74, 6) is 0.236. The molecule has 1 aromatic heterocycles. The molecule has 102 valence electrons. The first-order chi connectivity index (χ1) is 8.49. The van der Waals surface area contributed by atoms with Crippen molar-refractivity contribution in [2.75, 3.05) is 17.8 Å². The molecule has 0 aliphatic heterocycles. The molecule has 0 amide bonds. The summed E-state index contributed by atoms with van der Waals surface area (Å²) in [6, 6.07) is 3.07. The van der Waals surface area contributed by atoms with Crippen molar-refractivity contribution in [2.45, 2.75) is 26.7 Å². The summed E-state index contributed by atoms with van der Waals surface area (Å²) in [5, 5.41) is 0.445. The van der Waals surface area contributed by atoms with Crippen molar-refractivity contribution >= 4 is 27.6 Å². The predicted molar refractivity (Wildman–Crippen MR) is 73.9 cm³/mol. The van der Waals surface area contributed by atoms with E-state index in [-0.39, 0.29) is 5.82 Å². The topological polar surface area (TPSA) is 62.3 Å². The van der Waals surface area contributed by atoms with Crippen molar-refractivity contribution < 1.29 is 8.42 Å². The smallest absolute Gasteiger partial charge is 0.254 e. The van der Waals surface area contributed by atoms with Crippen LogP contribution in [0.1, 0.15) is 26.7 Å². The van der Waals surface area contributed by atoms with E-state index in [1.54, 1.807) is 6.07 Å². The third-order valence-corrected chi connectivity index (χ3v) is 3.99. The van der Waals surface area contributed by atoms with Crippen LogP contribution in [0, 0.1) is 0 Å². The van der Waals surface area contributed by atoms with E-state index in [1.807, 2.05) is 13.8 Å². The van der Waals surface area contributed by atoms with Gasteiger partial charge in [-0.3, -0.25) is 4.72 Å². The lowest BCUT2D eigenvalue weighted by atomic mass is 10.4. The molecule has 0 saturated carbocycles. The van der Waals surface area contributed by atoms with Gasteiger partial charge in [-0.2, -0.15) is 12.7 Å². The Morgan fingerprint density at radius 1 is 1.33 bits per heavy atom. The number of nitrogens with zero attached hydrogens (tertiary/aromatic N) is 2. The highest BCUT2D eigenvalue weighted by Crippen LogP contribution is 2.14. The first-order valence-electron chi connectivity index (χ1n) is 5.89. The second kappa shape index (κ2) is 6.92. The van der Waals surface area contributed by atoms with Gasteiger partial charge in [0.2, 0.25) is 0 Å². The summed E-state index contributed by atoms with van der Waals surface area (Å²) in [6.45, 7) is 4.86. The summed E-state index contributed by atoms with van der Waals surface area (Å²) in [6.07, 6.45) is 3.00. The van der Waals surface area contributed by atoms with E-state index < -0.39 is 10.2 Å². The lowest BCUT2D eigenvalue weighted by Gasteiger charge is -2.21. The van der Waals surface area contributed by atoms with Crippen LogP contribution in [0.4, 0.5) is 5.82 Å². The zero-order chi connectivity index (χ0) is 13.6. The lowest BCUT2D eigenvalue weighted by molar-refractivity contribution is 0.413. The largest absolute Gasteiger partial charge is 0.302 e. The Morgan fingerprint density at radius 2 is 1.94 bits per heavy atom. The number of aromatic nitrogens is 1. The molecule has 0 radical (unpaired) electrons. The Morgan fingerprint density at radius 3 is 2.44 bits per heavy atom. The standard InChI is InChI=1S/C11H18ClN3O2S/c1-3-7-15(8-4-2)18(16,17)14-11-9-10(12)5-6-13-11/h5-6,9H,3-4,7-8H2,1-2H3,(H,13,14). The second-order valence-corrected chi connectivity index (χ2v) is 5.97. The molecule has 18 heavy (non-hydrogen) atoms. The molecule has 0 fully saturated rings. The van der Waals surface area contributed by atoms with Crippen LogP contribution in [0.15, 0.2) is 18.3 Å². The number of halogens is 1. The maximum absolute atomic E-state index is 12.1. The van der Waals surface area contributed by atoms with Gasteiger partial charge in [0.15, 0.2) is 0 Å². The normalized spacial score (nSPS) is 11.8. The maximum atomic E-state index is 12.1. The minimum absolute atomic E-state index is 0.236. The van der Waals surface area contributed by atoms with Crippen LogP contribution in [0.5, 0.6) is 0 Å². The third-order valence-electron chi connectivity index (χ3n) is 2.24. The molecule has 1 aromatic rings. The zero-order valence-electron chi connectivity index (χ0n) is 10.6. The highest BCUT2D eigenvalue weighted by molar-refractivity contribution is 7.90.